The van der Waals surface area contributed by atoms with Crippen LogP contribution < -0.4 is 16.2 Å². The molecule has 3 rings (SSSR count). The van der Waals surface area contributed by atoms with Gasteiger partial charge in [0, 0.05) is 12.1 Å². The van der Waals surface area contributed by atoms with E-state index in [-0.39, 0.29) is 0 Å². The fourth-order valence-corrected chi connectivity index (χ4v) is 3.08. The van der Waals surface area contributed by atoms with Crippen LogP contribution in [0.1, 0.15) is 48.9 Å². The molecule has 0 unspecified atom stereocenters. The van der Waals surface area contributed by atoms with E-state index in [9.17, 15) is 4.79 Å². The van der Waals surface area contributed by atoms with E-state index in [4.69, 9.17) is 16.2 Å². The third-order valence-corrected chi connectivity index (χ3v) is 4.61. The molecule has 0 saturated heterocycles. The highest BCUT2D eigenvalue weighted by Gasteiger charge is 2.07. The molecule has 0 aliphatic carbocycles. The number of primary amides is 1. The maximum absolute atomic E-state index is 11.2. The minimum absolute atomic E-state index is 0.423. The van der Waals surface area contributed by atoms with Gasteiger partial charge < -0.3 is 20.8 Å². The summed E-state index contributed by atoms with van der Waals surface area (Å²) in [4.78, 5) is 23.7. The van der Waals surface area contributed by atoms with Crippen molar-refractivity contribution in [2.45, 2.75) is 45.1 Å². The molecule has 0 spiro atoms. The summed E-state index contributed by atoms with van der Waals surface area (Å²) in [6.45, 7) is 1.52. The molecule has 0 radical (unpaired) electrons. The van der Waals surface area contributed by atoms with E-state index in [2.05, 4.69) is 15.0 Å². The minimum atomic E-state index is -0.440. The Labute approximate surface area is 163 Å². The molecule has 0 aliphatic rings. The van der Waals surface area contributed by atoms with Crippen molar-refractivity contribution in [2.24, 2.45) is 5.73 Å². The summed E-state index contributed by atoms with van der Waals surface area (Å²) in [6, 6.07) is 6.98. The van der Waals surface area contributed by atoms with Crippen molar-refractivity contribution in [1.82, 2.24) is 19.5 Å². The highest BCUT2D eigenvalue weighted by molar-refractivity contribution is 5.93. The lowest BCUT2D eigenvalue weighted by Gasteiger charge is -2.07. The smallest absolute Gasteiger partial charge is 0.248 e. The number of aryl methyl sites for hydroxylation is 1. The number of fused-ring (bicyclic) bond motifs is 1. The van der Waals surface area contributed by atoms with Gasteiger partial charge in [-0.3, -0.25) is 4.79 Å². The molecule has 0 bridgehead atoms. The lowest BCUT2D eigenvalue weighted by molar-refractivity contribution is 0.1000. The summed E-state index contributed by atoms with van der Waals surface area (Å²) in [5.41, 5.74) is 13.0. The summed E-state index contributed by atoms with van der Waals surface area (Å²) in [7, 11) is 0. The van der Waals surface area contributed by atoms with Crippen LogP contribution >= 0.6 is 0 Å². The van der Waals surface area contributed by atoms with Gasteiger partial charge in [0.2, 0.25) is 5.91 Å². The van der Waals surface area contributed by atoms with E-state index >= 15 is 0 Å². The number of carbonyl (C=O) groups excluding carboxylic acids is 1. The van der Waals surface area contributed by atoms with Crippen molar-refractivity contribution in [3.05, 3.63) is 42.5 Å². The Hall–Kier alpha value is -3.16. The predicted octanol–water partition coefficient (Wildman–Crippen LogP) is 2.93. The molecule has 2 aromatic heterocycles. The van der Waals surface area contributed by atoms with Crippen LogP contribution in [0.5, 0.6) is 5.75 Å². The molecule has 148 valence electrons. The molecular weight excluding hydrogens is 356 g/mol. The summed E-state index contributed by atoms with van der Waals surface area (Å²) in [5, 5.41) is 0. The molecule has 28 heavy (non-hydrogen) atoms. The molecule has 0 aliphatic heterocycles. The standard InChI is InChI=1S/C20H26N6O2/c21-18-17-20(24-13-23-18)26(14-25-17)10-5-3-1-2-4-6-11-28-16-9-7-8-15(12-16)19(22)27/h7-9,12-14H,1-6,10-11H2,(H2,22,27)(H2,21,23,24). The number of hydrogen-bond acceptors (Lipinski definition) is 6. The summed E-state index contributed by atoms with van der Waals surface area (Å²) in [6.07, 6.45) is 9.94. The van der Waals surface area contributed by atoms with E-state index in [1.807, 2.05) is 10.6 Å². The molecule has 4 N–H and O–H groups in total. The number of rotatable bonds is 11. The second-order valence-electron chi connectivity index (χ2n) is 6.73. The maximum atomic E-state index is 11.2. The maximum Gasteiger partial charge on any atom is 0.248 e. The number of anilines is 1. The first kappa shape index (κ1) is 19.6. The van der Waals surface area contributed by atoms with Crippen LogP contribution in [0.3, 0.4) is 0 Å². The fraction of sp³-hybridized carbons (Fsp3) is 0.400. The van der Waals surface area contributed by atoms with Gasteiger partial charge in [-0.25, -0.2) is 15.0 Å². The number of nitrogen functional groups attached to an aromatic ring is 1. The Morgan fingerprint density at radius 2 is 1.82 bits per heavy atom. The van der Waals surface area contributed by atoms with Crippen LogP contribution in [0.4, 0.5) is 5.82 Å². The van der Waals surface area contributed by atoms with E-state index < -0.39 is 5.91 Å². The van der Waals surface area contributed by atoms with Crippen LogP contribution in [0, 0.1) is 0 Å². The third kappa shape index (κ3) is 5.18. The SMILES string of the molecule is NC(=O)c1cccc(OCCCCCCCCn2cnc3c(N)ncnc32)c1. The van der Waals surface area contributed by atoms with Crippen LogP contribution in [0.2, 0.25) is 0 Å². The number of imidazole rings is 1. The van der Waals surface area contributed by atoms with Gasteiger partial charge >= 0.3 is 0 Å². The summed E-state index contributed by atoms with van der Waals surface area (Å²) < 4.78 is 7.71. The first-order valence-electron chi connectivity index (χ1n) is 9.59. The topological polar surface area (TPSA) is 122 Å². The molecule has 1 aromatic carbocycles. The minimum Gasteiger partial charge on any atom is -0.494 e. The zero-order valence-electron chi connectivity index (χ0n) is 15.9. The predicted molar refractivity (Wildman–Crippen MR) is 108 cm³/mol. The van der Waals surface area contributed by atoms with Crippen molar-refractivity contribution in [1.29, 1.82) is 0 Å². The summed E-state index contributed by atoms with van der Waals surface area (Å²) in [5.74, 6) is 0.672. The number of nitrogens with zero attached hydrogens (tertiary/aromatic N) is 4. The zero-order chi connectivity index (χ0) is 19.8. The second-order valence-corrected chi connectivity index (χ2v) is 6.73. The molecule has 2 heterocycles. The average Bonchev–Trinajstić information content (AvgIpc) is 3.11. The fourth-order valence-electron chi connectivity index (χ4n) is 3.08. The number of benzene rings is 1. The molecule has 0 fully saturated rings. The van der Waals surface area contributed by atoms with Crippen LogP contribution in [-0.2, 0) is 6.54 Å². The lowest BCUT2D eigenvalue weighted by Crippen LogP contribution is -2.10. The molecule has 0 atom stereocenters. The Balaban J connectivity index is 1.27. The van der Waals surface area contributed by atoms with E-state index in [0.717, 1.165) is 37.9 Å². The Bertz CT molecular complexity index is 924. The number of nitrogens with two attached hydrogens (primary N) is 2. The number of carbonyl (C=O) groups is 1. The van der Waals surface area contributed by atoms with E-state index in [0.29, 0.717) is 29.3 Å². The highest BCUT2D eigenvalue weighted by Crippen LogP contribution is 2.16. The first-order valence-corrected chi connectivity index (χ1v) is 9.59. The molecule has 0 saturated carbocycles. The third-order valence-electron chi connectivity index (χ3n) is 4.61. The normalized spacial score (nSPS) is 11.0. The zero-order valence-corrected chi connectivity index (χ0v) is 15.9. The van der Waals surface area contributed by atoms with Crippen molar-refractivity contribution < 1.29 is 9.53 Å². The van der Waals surface area contributed by atoms with Gasteiger partial charge in [0.25, 0.3) is 0 Å². The van der Waals surface area contributed by atoms with Gasteiger partial charge in [0.15, 0.2) is 11.5 Å². The largest absolute Gasteiger partial charge is 0.494 e. The number of amides is 1. The van der Waals surface area contributed by atoms with E-state index in [1.54, 1.807) is 24.5 Å². The molecule has 8 heteroatoms. The molecule has 3 aromatic rings. The Morgan fingerprint density at radius 1 is 1.04 bits per heavy atom. The molecular formula is C20H26N6O2. The average molecular weight is 382 g/mol. The quantitative estimate of drug-likeness (QED) is 0.492. The summed E-state index contributed by atoms with van der Waals surface area (Å²) >= 11 is 0. The second kappa shape index (κ2) is 9.68. The molecule has 1 amide bonds. The van der Waals surface area contributed by atoms with Gasteiger partial charge in [-0.2, -0.15) is 0 Å². The van der Waals surface area contributed by atoms with Gasteiger partial charge in [0.1, 0.15) is 17.6 Å². The van der Waals surface area contributed by atoms with Crippen molar-refractivity contribution in [3.63, 3.8) is 0 Å². The van der Waals surface area contributed by atoms with Crippen LogP contribution in [0.25, 0.3) is 11.2 Å². The van der Waals surface area contributed by atoms with E-state index in [1.165, 1.54) is 19.2 Å². The number of unbranched alkanes of at least 4 members (excludes halogenated alkanes) is 5. The van der Waals surface area contributed by atoms with Gasteiger partial charge in [-0.05, 0) is 31.0 Å². The molecule has 8 nitrogen and oxygen atoms in total. The van der Waals surface area contributed by atoms with Gasteiger partial charge in [0.05, 0.1) is 12.9 Å². The Kier molecular flexibility index (Phi) is 6.78. The number of hydrogen-bond donors (Lipinski definition) is 2. The van der Waals surface area contributed by atoms with Crippen molar-refractivity contribution in [2.75, 3.05) is 12.3 Å². The lowest BCUT2D eigenvalue weighted by atomic mass is 10.1. The first-order chi connectivity index (χ1) is 13.6. The van der Waals surface area contributed by atoms with Gasteiger partial charge in [-0.15, -0.1) is 0 Å². The van der Waals surface area contributed by atoms with Gasteiger partial charge in [-0.1, -0.05) is 31.7 Å². The van der Waals surface area contributed by atoms with Crippen molar-refractivity contribution >= 4 is 22.9 Å². The monoisotopic (exact) mass is 382 g/mol. The number of ether oxygens (including phenoxy) is 1. The van der Waals surface area contributed by atoms with Crippen LogP contribution in [0.15, 0.2) is 36.9 Å². The highest BCUT2D eigenvalue weighted by atomic mass is 16.5. The number of aromatic nitrogens is 4. The van der Waals surface area contributed by atoms with Crippen molar-refractivity contribution in [3.8, 4) is 5.75 Å². The van der Waals surface area contributed by atoms with Crippen LogP contribution in [-0.4, -0.2) is 32.0 Å². The Morgan fingerprint density at radius 3 is 2.64 bits per heavy atom.